The van der Waals surface area contributed by atoms with E-state index in [2.05, 4.69) is 144 Å². The first-order valence-electron chi connectivity index (χ1n) is 12.2. The van der Waals surface area contributed by atoms with E-state index in [9.17, 15) is 0 Å². The molecule has 0 fully saturated rings. The van der Waals surface area contributed by atoms with Gasteiger partial charge in [-0.1, -0.05) is 103 Å². The smallest absolute Gasteiger partial charge is 0.0540 e. The molecule has 0 aliphatic heterocycles. The summed E-state index contributed by atoms with van der Waals surface area (Å²) in [6.45, 7) is 0. The summed E-state index contributed by atoms with van der Waals surface area (Å²) in [6, 6.07) is 50.2. The van der Waals surface area contributed by atoms with Crippen LogP contribution in [0.4, 0.5) is 17.1 Å². The maximum Gasteiger partial charge on any atom is 0.0540 e. The highest BCUT2D eigenvalue weighted by molar-refractivity contribution is 7.25. The third-order valence-electron chi connectivity index (χ3n) is 6.86. The van der Waals surface area contributed by atoms with Crippen LogP contribution in [-0.2, 0) is 0 Å². The van der Waals surface area contributed by atoms with Crippen molar-refractivity contribution >= 4 is 59.3 Å². The quantitative estimate of drug-likeness (QED) is 0.244. The molecular weight excluding hydrogens is 454 g/mol. The third-order valence-corrected chi connectivity index (χ3v) is 7.99. The zero-order valence-corrected chi connectivity index (χ0v) is 20.5. The van der Waals surface area contributed by atoms with Crippen LogP contribution in [0.3, 0.4) is 0 Å². The minimum absolute atomic E-state index is 1.14. The summed E-state index contributed by atoms with van der Waals surface area (Å²) in [6.07, 6.45) is 0. The Morgan fingerprint density at radius 2 is 1.11 bits per heavy atom. The molecule has 36 heavy (non-hydrogen) atoms. The topological polar surface area (TPSA) is 3.24 Å². The van der Waals surface area contributed by atoms with Gasteiger partial charge in [-0.15, -0.1) is 11.3 Å². The van der Waals surface area contributed by atoms with Gasteiger partial charge in [0.2, 0.25) is 0 Å². The average Bonchev–Trinajstić information content (AvgIpc) is 3.32. The molecule has 0 saturated carbocycles. The molecule has 0 atom stereocenters. The van der Waals surface area contributed by atoms with Gasteiger partial charge >= 0.3 is 0 Å². The summed E-state index contributed by atoms with van der Waals surface area (Å²) in [5, 5.41) is 5.13. The number of fused-ring (bicyclic) bond motifs is 4. The Hall–Kier alpha value is -4.40. The van der Waals surface area contributed by atoms with E-state index in [1.54, 1.807) is 0 Å². The van der Waals surface area contributed by atoms with Crippen LogP contribution in [0.2, 0.25) is 0 Å². The van der Waals surface area contributed by atoms with Gasteiger partial charge in [-0.05, 0) is 47.3 Å². The molecule has 1 heterocycles. The van der Waals surface area contributed by atoms with Gasteiger partial charge < -0.3 is 4.90 Å². The molecular formula is C34H23NS. The van der Waals surface area contributed by atoms with Crippen molar-refractivity contribution in [1.82, 2.24) is 0 Å². The molecule has 0 N–H and O–H groups in total. The van der Waals surface area contributed by atoms with Crippen molar-refractivity contribution in [3.8, 4) is 11.1 Å². The molecule has 1 nitrogen and oxygen atoms in total. The van der Waals surface area contributed by atoms with Gasteiger partial charge in [0, 0.05) is 36.8 Å². The second-order valence-corrected chi connectivity index (χ2v) is 10.1. The van der Waals surface area contributed by atoms with Crippen LogP contribution in [0, 0.1) is 0 Å². The van der Waals surface area contributed by atoms with E-state index in [-0.39, 0.29) is 0 Å². The molecule has 7 rings (SSSR count). The van der Waals surface area contributed by atoms with E-state index in [1.165, 1.54) is 53.4 Å². The van der Waals surface area contributed by atoms with Crippen molar-refractivity contribution in [3.05, 3.63) is 140 Å². The lowest BCUT2D eigenvalue weighted by molar-refractivity contribution is 1.30. The number of benzene rings is 6. The number of hydrogen-bond donors (Lipinski definition) is 0. The lowest BCUT2D eigenvalue weighted by Gasteiger charge is -2.29. The van der Waals surface area contributed by atoms with Crippen LogP contribution in [0.25, 0.3) is 42.1 Å². The number of thiophene rings is 1. The molecule has 0 saturated heterocycles. The zero-order chi connectivity index (χ0) is 23.9. The van der Waals surface area contributed by atoms with Gasteiger partial charge in [0.25, 0.3) is 0 Å². The third kappa shape index (κ3) is 3.46. The van der Waals surface area contributed by atoms with Gasteiger partial charge in [-0.2, -0.15) is 0 Å². The minimum atomic E-state index is 1.14. The van der Waals surface area contributed by atoms with Crippen LogP contribution in [0.1, 0.15) is 0 Å². The lowest BCUT2D eigenvalue weighted by atomic mass is 9.99. The Kier molecular flexibility index (Phi) is 5.04. The van der Waals surface area contributed by atoms with E-state index >= 15 is 0 Å². The van der Waals surface area contributed by atoms with E-state index in [0.717, 1.165) is 5.69 Å². The summed E-state index contributed by atoms with van der Waals surface area (Å²) in [4.78, 5) is 2.40. The molecule has 0 bridgehead atoms. The highest BCUT2D eigenvalue weighted by Crippen LogP contribution is 2.44. The Morgan fingerprint density at radius 3 is 2.03 bits per heavy atom. The molecule has 0 radical (unpaired) electrons. The fourth-order valence-corrected chi connectivity index (χ4v) is 6.34. The average molecular weight is 478 g/mol. The Labute approximate surface area is 214 Å². The molecule has 6 aromatic carbocycles. The molecule has 0 aliphatic rings. The molecule has 0 unspecified atom stereocenters. The van der Waals surface area contributed by atoms with Crippen molar-refractivity contribution in [1.29, 1.82) is 0 Å². The zero-order valence-electron chi connectivity index (χ0n) is 19.6. The number of rotatable bonds is 4. The maximum absolute atomic E-state index is 2.40. The van der Waals surface area contributed by atoms with E-state index in [0.29, 0.717) is 0 Å². The van der Waals surface area contributed by atoms with E-state index in [1.807, 2.05) is 11.3 Å². The summed E-state index contributed by atoms with van der Waals surface area (Å²) in [5.74, 6) is 0. The molecule has 170 valence electrons. The van der Waals surface area contributed by atoms with Gasteiger partial charge in [-0.25, -0.2) is 0 Å². The van der Waals surface area contributed by atoms with Crippen molar-refractivity contribution in [2.45, 2.75) is 0 Å². The van der Waals surface area contributed by atoms with Crippen LogP contribution in [-0.4, -0.2) is 0 Å². The van der Waals surface area contributed by atoms with E-state index < -0.39 is 0 Å². The van der Waals surface area contributed by atoms with Gasteiger partial charge in [0.05, 0.1) is 11.4 Å². The molecule has 0 amide bonds. The first-order chi connectivity index (χ1) is 17.9. The van der Waals surface area contributed by atoms with Gasteiger partial charge in [0.15, 0.2) is 0 Å². The predicted molar refractivity (Wildman–Crippen MR) is 157 cm³/mol. The predicted octanol–water partition coefficient (Wildman–Crippen LogP) is 10.3. The highest BCUT2D eigenvalue weighted by atomic mass is 32.1. The second kappa shape index (κ2) is 8.67. The number of anilines is 3. The molecule has 2 heteroatoms. The fourth-order valence-electron chi connectivity index (χ4n) is 5.19. The number of para-hydroxylation sites is 2. The van der Waals surface area contributed by atoms with Crippen molar-refractivity contribution in [2.24, 2.45) is 0 Å². The summed E-state index contributed by atoms with van der Waals surface area (Å²) in [5.41, 5.74) is 5.93. The fraction of sp³-hybridized carbons (Fsp3) is 0. The van der Waals surface area contributed by atoms with Crippen molar-refractivity contribution in [2.75, 3.05) is 4.90 Å². The molecule has 1 aromatic heterocycles. The van der Waals surface area contributed by atoms with Crippen molar-refractivity contribution in [3.63, 3.8) is 0 Å². The largest absolute Gasteiger partial charge is 0.309 e. The molecule has 7 aromatic rings. The SMILES string of the molecule is c1ccc(N(c2ccccc2-c2ccc3c(c2)sc2ccccc23)c2cccc3ccccc23)cc1. The number of nitrogens with zero attached hydrogens (tertiary/aromatic N) is 1. The summed E-state index contributed by atoms with van der Waals surface area (Å²) in [7, 11) is 0. The lowest BCUT2D eigenvalue weighted by Crippen LogP contribution is -2.11. The normalized spacial score (nSPS) is 11.3. The van der Waals surface area contributed by atoms with Gasteiger partial charge in [-0.3, -0.25) is 0 Å². The van der Waals surface area contributed by atoms with Gasteiger partial charge in [0.1, 0.15) is 0 Å². The van der Waals surface area contributed by atoms with Crippen molar-refractivity contribution < 1.29 is 0 Å². The Morgan fingerprint density at radius 1 is 0.444 bits per heavy atom. The first kappa shape index (κ1) is 20.9. The van der Waals surface area contributed by atoms with E-state index in [4.69, 9.17) is 0 Å². The minimum Gasteiger partial charge on any atom is -0.309 e. The second-order valence-electron chi connectivity index (χ2n) is 9.00. The molecule has 0 aliphatic carbocycles. The van der Waals surface area contributed by atoms with Crippen LogP contribution in [0.15, 0.2) is 140 Å². The summed E-state index contributed by atoms with van der Waals surface area (Å²) >= 11 is 1.87. The van der Waals surface area contributed by atoms with Crippen LogP contribution < -0.4 is 4.90 Å². The van der Waals surface area contributed by atoms with Crippen LogP contribution >= 0.6 is 11.3 Å². The Balaban J connectivity index is 1.47. The Bertz CT molecular complexity index is 1840. The number of hydrogen-bond acceptors (Lipinski definition) is 2. The summed E-state index contributed by atoms with van der Waals surface area (Å²) < 4.78 is 2.65. The van der Waals surface area contributed by atoms with Crippen LogP contribution in [0.5, 0.6) is 0 Å². The maximum atomic E-state index is 2.40. The standard InChI is InChI=1S/C34H23NS/c1-2-13-26(14-3-1)35(32-19-10-12-24-11-4-5-15-27(24)32)31-18-8-6-16-28(31)25-21-22-30-29-17-7-9-20-33(29)36-34(30)23-25/h1-23H. The molecule has 0 spiro atoms. The monoisotopic (exact) mass is 477 g/mol. The highest BCUT2D eigenvalue weighted by Gasteiger charge is 2.19. The first-order valence-corrected chi connectivity index (χ1v) is 13.0.